The number of nitrogens with two attached hydrogens (primary N) is 1. The molecule has 1 amide bonds. The normalized spacial score (nSPS) is 14.1. The van der Waals surface area contributed by atoms with E-state index in [1.165, 1.54) is 12.1 Å². The molecule has 0 atom stereocenters. The first-order valence-electron chi connectivity index (χ1n) is 6.76. The van der Waals surface area contributed by atoms with Crippen LogP contribution in [0.5, 0.6) is 0 Å². The van der Waals surface area contributed by atoms with Crippen LogP contribution in [0.3, 0.4) is 0 Å². The zero-order valence-electron chi connectivity index (χ0n) is 11.9. The third-order valence-corrected chi connectivity index (χ3v) is 3.55. The van der Waals surface area contributed by atoms with Crippen LogP contribution in [0.4, 0.5) is 17.1 Å². The smallest absolute Gasteiger partial charge is 0.273 e. The van der Waals surface area contributed by atoms with Crippen LogP contribution >= 0.6 is 0 Å². The number of nitrogens with zero attached hydrogens (tertiary/aromatic N) is 3. The Hall–Kier alpha value is -2.35. The van der Waals surface area contributed by atoms with E-state index in [-0.39, 0.29) is 18.1 Å². The predicted octanol–water partition coefficient (Wildman–Crippen LogP) is 0.939. The molecule has 1 aromatic carbocycles. The molecule has 0 saturated carbocycles. The molecule has 3 N–H and O–H groups in total. The zero-order valence-corrected chi connectivity index (χ0v) is 11.9. The van der Waals surface area contributed by atoms with Crippen molar-refractivity contribution in [3.05, 3.63) is 28.3 Å². The van der Waals surface area contributed by atoms with Gasteiger partial charge >= 0.3 is 0 Å². The van der Waals surface area contributed by atoms with Crippen LogP contribution in [0.1, 0.15) is 12.8 Å². The van der Waals surface area contributed by atoms with E-state index in [2.05, 4.69) is 5.43 Å². The summed E-state index contributed by atoms with van der Waals surface area (Å²) in [4.78, 5) is 26.0. The molecule has 0 aliphatic carbocycles. The van der Waals surface area contributed by atoms with E-state index in [4.69, 9.17) is 5.84 Å². The van der Waals surface area contributed by atoms with Crippen molar-refractivity contribution < 1.29 is 9.72 Å². The van der Waals surface area contributed by atoms with Crippen LogP contribution in [-0.2, 0) is 4.79 Å². The van der Waals surface area contributed by atoms with Gasteiger partial charge in [-0.25, -0.2) is 0 Å². The zero-order chi connectivity index (χ0) is 15.4. The van der Waals surface area contributed by atoms with E-state index in [9.17, 15) is 14.9 Å². The van der Waals surface area contributed by atoms with Gasteiger partial charge in [0, 0.05) is 38.0 Å². The first-order valence-corrected chi connectivity index (χ1v) is 6.76. The minimum absolute atomic E-state index is 0.0313. The van der Waals surface area contributed by atoms with Gasteiger partial charge in [0.05, 0.1) is 17.2 Å². The molecule has 1 saturated heterocycles. The minimum Gasteiger partial charge on any atom is -0.365 e. The number of likely N-dealkylation sites (N-methyl/N-ethyl adjacent to an activating group) is 1. The summed E-state index contributed by atoms with van der Waals surface area (Å²) in [6, 6.07) is 4.45. The van der Waals surface area contributed by atoms with Crippen molar-refractivity contribution in [3.8, 4) is 0 Å². The van der Waals surface area contributed by atoms with Crippen molar-refractivity contribution in [1.82, 2.24) is 4.90 Å². The fraction of sp³-hybridized carbons (Fsp3) is 0.462. The topological polar surface area (TPSA) is 105 Å². The number of hydrogen-bond acceptors (Lipinski definition) is 6. The van der Waals surface area contributed by atoms with Gasteiger partial charge < -0.3 is 15.2 Å². The number of carbonyl (C=O) groups is 1. The number of amides is 1. The molecule has 1 fully saturated rings. The number of benzene rings is 1. The van der Waals surface area contributed by atoms with Gasteiger partial charge in [0.2, 0.25) is 5.91 Å². The Morgan fingerprint density at radius 1 is 1.43 bits per heavy atom. The molecule has 0 bridgehead atoms. The summed E-state index contributed by atoms with van der Waals surface area (Å²) in [5.41, 5.74) is 3.33. The molecule has 8 heteroatoms. The first kappa shape index (κ1) is 15.0. The average Bonchev–Trinajstić information content (AvgIpc) is 3.00. The summed E-state index contributed by atoms with van der Waals surface area (Å²) < 4.78 is 0. The third-order valence-electron chi connectivity index (χ3n) is 3.55. The van der Waals surface area contributed by atoms with Crippen LogP contribution in [0.2, 0.25) is 0 Å². The van der Waals surface area contributed by atoms with E-state index in [1.54, 1.807) is 18.0 Å². The number of nitro benzene ring substituents is 1. The summed E-state index contributed by atoms with van der Waals surface area (Å²) in [5.74, 6) is 5.35. The highest BCUT2D eigenvalue weighted by Gasteiger charge is 2.20. The van der Waals surface area contributed by atoms with Gasteiger partial charge in [-0.1, -0.05) is 0 Å². The Morgan fingerprint density at radius 2 is 2.10 bits per heavy atom. The maximum absolute atomic E-state index is 12.1. The maximum Gasteiger partial charge on any atom is 0.273 e. The lowest BCUT2D eigenvalue weighted by Crippen LogP contribution is -2.37. The molecule has 8 nitrogen and oxygen atoms in total. The Balaban J connectivity index is 2.13. The van der Waals surface area contributed by atoms with E-state index < -0.39 is 4.92 Å². The second-order valence-electron chi connectivity index (χ2n) is 5.08. The molecule has 1 aromatic rings. The molecule has 1 heterocycles. The van der Waals surface area contributed by atoms with Crippen molar-refractivity contribution in [2.75, 3.05) is 37.0 Å². The number of nitro groups is 1. The van der Waals surface area contributed by atoms with Gasteiger partial charge in [-0.2, -0.15) is 0 Å². The van der Waals surface area contributed by atoms with Crippen LogP contribution in [0.15, 0.2) is 18.2 Å². The predicted molar refractivity (Wildman–Crippen MR) is 80.0 cm³/mol. The Kier molecular flexibility index (Phi) is 4.59. The Morgan fingerprint density at radius 3 is 2.67 bits per heavy atom. The van der Waals surface area contributed by atoms with Gasteiger partial charge in [0.25, 0.3) is 5.69 Å². The number of likely N-dealkylation sites (tertiary alicyclic amines) is 1. The van der Waals surface area contributed by atoms with Gasteiger partial charge in [-0.15, -0.1) is 0 Å². The van der Waals surface area contributed by atoms with Crippen molar-refractivity contribution >= 4 is 23.0 Å². The van der Waals surface area contributed by atoms with E-state index in [0.717, 1.165) is 25.9 Å². The van der Waals surface area contributed by atoms with Crippen molar-refractivity contribution in [2.24, 2.45) is 5.84 Å². The van der Waals surface area contributed by atoms with Crippen LogP contribution in [0.25, 0.3) is 0 Å². The maximum atomic E-state index is 12.1. The summed E-state index contributed by atoms with van der Waals surface area (Å²) in [6.45, 7) is 1.76. The fourth-order valence-electron chi connectivity index (χ4n) is 2.36. The second-order valence-corrected chi connectivity index (χ2v) is 5.08. The molecule has 114 valence electrons. The third kappa shape index (κ3) is 3.60. The highest BCUT2D eigenvalue weighted by atomic mass is 16.6. The molecular formula is C13H19N5O3. The number of hydrazine groups is 1. The van der Waals surface area contributed by atoms with Crippen molar-refractivity contribution in [2.45, 2.75) is 12.8 Å². The van der Waals surface area contributed by atoms with E-state index >= 15 is 0 Å². The van der Waals surface area contributed by atoms with Crippen LogP contribution < -0.4 is 16.2 Å². The number of non-ortho nitro benzene ring substituents is 1. The standard InChI is InChI=1S/C13H19N5O3/c1-16(9-13(19)17-4-2-3-5-17)11-6-10(15-14)7-12(8-11)18(20)21/h6-8,15H,2-5,9,14H2,1H3. The molecule has 21 heavy (non-hydrogen) atoms. The lowest BCUT2D eigenvalue weighted by atomic mass is 10.2. The van der Waals surface area contributed by atoms with Crippen LogP contribution in [0, 0.1) is 10.1 Å². The van der Waals surface area contributed by atoms with Gasteiger partial charge in [-0.05, 0) is 18.9 Å². The molecule has 0 radical (unpaired) electrons. The first-order chi connectivity index (χ1) is 10.0. The summed E-state index contributed by atoms with van der Waals surface area (Å²) in [6.07, 6.45) is 2.07. The molecular weight excluding hydrogens is 274 g/mol. The number of anilines is 2. The average molecular weight is 293 g/mol. The lowest BCUT2D eigenvalue weighted by molar-refractivity contribution is -0.384. The molecule has 1 aliphatic heterocycles. The summed E-state index contributed by atoms with van der Waals surface area (Å²) in [5, 5.41) is 10.9. The van der Waals surface area contributed by atoms with Gasteiger partial charge in [0.1, 0.15) is 0 Å². The van der Waals surface area contributed by atoms with Crippen molar-refractivity contribution in [1.29, 1.82) is 0 Å². The second kappa shape index (κ2) is 6.40. The number of carbonyl (C=O) groups excluding carboxylic acids is 1. The number of nitrogens with one attached hydrogen (secondary N) is 1. The Bertz CT molecular complexity index is 543. The van der Waals surface area contributed by atoms with Gasteiger partial charge in [-0.3, -0.25) is 20.8 Å². The minimum atomic E-state index is -0.486. The van der Waals surface area contributed by atoms with E-state index in [1.807, 2.05) is 4.90 Å². The summed E-state index contributed by atoms with van der Waals surface area (Å²) >= 11 is 0. The summed E-state index contributed by atoms with van der Waals surface area (Å²) in [7, 11) is 1.73. The highest BCUT2D eigenvalue weighted by Crippen LogP contribution is 2.26. The molecule has 0 spiro atoms. The SMILES string of the molecule is CN(CC(=O)N1CCCC1)c1cc(NN)cc([N+](=O)[O-])c1. The number of rotatable bonds is 5. The van der Waals surface area contributed by atoms with Crippen LogP contribution in [-0.4, -0.2) is 42.4 Å². The highest BCUT2D eigenvalue weighted by molar-refractivity contribution is 5.82. The number of nitrogen functional groups attached to an aromatic ring is 1. The van der Waals surface area contributed by atoms with Gasteiger partial charge in [0.15, 0.2) is 0 Å². The molecule has 1 aliphatic rings. The molecule has 2 rings (SSSR count). The van der Waals surface area contributed by atoms with Crippen molar-refractivity contribution in [3.63, 3.8) is 0 Å². The quantitative estimate of drug-likeness (QED) is 0.475. The fourth-order valence-corrected chi connectivity index (χ4v) is 2.36. The molecule has 0 aromatic heterocycles. The largest absolute Gasteiger partial charge is 0.365 e. The van der Waals surface area contributed by atoms with E-state index in [0.29, 0.717) is 11.4 Å². The Labute approximate surface area is 122 Å². The number of hydrogen-bond donors (Lipinski definition) is 2. The lowest BCUT2D eigenvalue weighted by Gasteiger charge is -2.23. The monoisotopic (exact) mass is 293 g/mol. The molecule has 0 unspecified atom stereocenters.